The summed E-state index contributed by atoms with van der Waals surface area (Å²) >= 11 is 2.76. The number of hydrogen-bond acceptors (Lipinski definition) is 21. The number of rotatable bonds is 10. The number of anilines is 2. The molecule has 9 N–H and O–H groups in total. The first-order chi connectivity index (χ1) is 34.3. The monoisotopic (exact) mass is 1000 g/mol. The van der Waals surface area contributed by atoms with Gasteiger partial charge in [0.15, 0.2) is 28.6 Å². The van der Waals surface area contributed by atoms with Gasteiger partial charge in [-0.2, -0.15) is 29.4 Å². The number of fused-ring (bicyclic) bond motifs is 6. The van der Waals surface area contributed by atoms with Crippen LogP contribution in [0.25, 0.3) is 32.2 Å². The van der Waals surface area contributed by atoms with Gasteiger partial charge in [0.25, 0.3) is 5.91 Å². The lowest BCUT2D eigenvalue weighted by Gasteiger charge is -2.38. The third kappa shape index (κ3) is 8.96. The second-order valence-corrected chi connectivity index (χ2v) is 20.3. The van der Waals surface area contributed by atoms with Crippen LogP contribution in [0.2, 0.25) is 0 Å². The van der Waals surface area contributed by atoms with Crippen molar-refractivity contribution in [3.05, 3.63) is 69.5 Å². The number of carboxylic acids is 1. The van der Waals surface area contributed by atoms with E-state index in [9.17, 15) is 29.4 Å². The third-order valence-electron chi connectivity index (χ3n) is 13.7. The highest BCUT2D eigenvalue weighted by atomic mass is 32.1. The minimum atomic E-state index is -0.984. The highest BCUT2D eigenvalue weighted by Crippen LogP contribution is 2.46. The number of aromatic amines is 1. The number of aliphatic carboxylic acids is 1. The van der Waals surface area contributed by atoms with Crippen molar-refractivity contribution in [3.63, 3.8) is 0 Å². The average Bonchev–Trinajstić information content (AvgIpc) is 4.22. The van der Waals surface area contributed by atoms with Crippen LogP contribution in [-0.4, -0.2) is 134 Å². The molecule has 0 saturated carbocycles. The van der Waals surface area contributed by atoms with Gasteiger partial charge in [0.1, 0.15) is 28.0 Å². The normalized spacial score (nSPS) is 22.0. The van der Waals surface area contributed by atoms with Crippen LogP contribution >= 0.6 is 22.7 Å². The molecular formula is C45H49N17O7S2. The zero-order chi connectivity index (χ0) is 49.7. The summed E-state index contributed by atoms with van der Waals surface area (Å²) in [6, 6.07) is 1.02. The molecule has 1 amide bonds. The van der Waals surface area contributed by atoms with Gasteiger partial charge in [0.05, 0.1) is 69.0 Å². The predicted octanol–water partition coefficient (Wildman–Crippen LogP) is 3.83. The molecule has 0 radical (unpaired) electrons. The number of H-pyrrole nitrogens is 1. The van der Waals surface area contributed by atoms with E-state index in [2.05, 4.69) is 50.9 Å². The topological polar surface area (TPSA) is 349 Å². The Morgan fingerprint density at radius 3 is 1.66 bits per heavy atom. The molecule has 71 heavy (non-hydrogen) atoms. The summed E-state index contributed by atoms with van der Waals surface area (Å²) in [6.07, 6.45) is 17.3. The smallest absolute Gasteiger partial charge is 0.352 e. The van der Waals surface area contributed by atoms with Gasteiger partial charge in [-0.05, 0) is 65.2 Å². The molecule has 12 rings (SSSR count). The van der Waals surface area contributed by atoms with Crippen molar-refractivity contribution < 1.29 is 34.5 Å². The van der Waals surface area contributed by atoms with Crippen LogP contribution in [0.5, 0.6) is 0 Å². The Morgan fingerprint density at radius 1 is 0.732 bits per heavy atom. The van der Waals surface area contributed by atoms with Gasteiger partial charge in [0.2, 0.25) is 5.82 Å². The second-order valence-electron chi connectivity index (χ2n) is 18.0. The van der Waals surface area contributed by atoms with E-state index in [1.54, 1.807) is 36.2 Å². The summed E-state index contributed by atoms with van der Waals surface area (Å²) in [7, 11) is 0. The number of nitrogens with zero attached hydrogens (tertiary/aromatic N) is 13. The average molecular weight is 1000 g/mol. The van der Waals surface area contributed by atoms with E-state index in [4.69, 9.17) is 26.5 Å². The number of thiazole rings is 2. The van der Waals surface area contributed by atoms with Gasteiger partial charge >= 0.3 is 5.97 Å². The Bertz CT molecular complexity index is 3240. The summed E-state index contributed by atoms with van der Waals surface area (Å²) in [5, 5.41) is 53.7. The fraction of sp³-hybridized carbons (Fsp3) is 0.422. The van der Waals surface area contributed by atoms with Crippen LogP contribution in [0.1, 0.15) is 136 Å². The number of hydrogen-bond donors (Lipinski definition) is 7. The third-order valence-corrected chi connectivity index (χ3v) is 15.7. The van der Waals surface area contributed by atoms with Crippen LogP contribution in [0.15, 0.2) is 41.3 Å². The van der Waals surface area contributed by atoms with Gasteiger partial charge in [-0.3, -0.25) is 19.5 Å². The van der Waals surface area contributed by atoms with Crippen molar-refractivity contribution >= 4 is 81.0 Å². The lowest BCUT2D eigenvalue weighted by molar-refractivity contribution is -0.129. The van der Waals surface area contributed by atoms with E-state index in [-0.39, 0.29) is 72.0 Å². The van der Waals surface area contributed by atoms with E-state index in [0.717, 1.165) is 52.3 Å². The molecule has 2 unspecified atom stereocenters. The van der Waals surface area contributed by atoms with E-state index >= 15 is 0 Å². The number of carbonyl (C=O) groups excluding carboxylic acids is 3. The number of nitrogens with two attached hydrogens (primary N) is 2. The summed E-state index contributed by atoms with van der Waals surface area (Å²) < 4.78 is 3.04. The molecule has 7 aromatic rings. The number of aliphatic hydroxyl groups is 2. The van der Waals surface area contributed by atoms with Crippen molar-refractivity contribution in [1.82, 2.24) is 64.6 Å². The number of ketones is 2. The molecule has 4 saturated heterocycles. The lowest BCUT2D eigenvalue weighted by atomic mass is 9.85. The number of piperidine rings is 2. The SMILES string of the molecule is CC(=O)c1c(C2C[C@H]3CC[C@@H](C2)N3)nc2c(-c3cnc(CO)s3)cnn2c1N.CC(=O)c1c(C2C[C@H]3CC[C@@H](C2)N3C(=O)c2ncn[nH]2)nc2c(-c3cnc(CO)s3)cnn2c1N.O=C(O)C1=NN=CC1. The largest absolute Gasteiger partial charge is 0.477 e. The van der Waals surface area contributed by atoms with Gasteiger partial charge in [-0.15, -0.1) is 27.8 Å². The molecule has 6 atom stereocenters. The highest BCUT2D eigenvalue weighted by molar-refractivity contribution is 7.15. The van der Waals surface area contributed by atoms with Crippen LogP contribution in [0.4, 0.5) is 11.6 Å². The van der Waals surface area contributed by atoms with Crippen LogP contribution in [0.3, 0.4) is 0 Å². The van der Waals surface area contributed by atoms with Crippen LogP contribution < -0.4 is 16.8 Å². The Balaban J connectivity index is 0.000000144. The van der Waals surface area contributed by atoms with E-state index in [1.807, 2.05) is 4.90 Å². The zero-order valence-electron chi connectivity index (χ0n) is 38.5. The van der Waals surface area contributed by atoms with Gasteiger partial charge in [0, 0.05) is 61.0 Å². The number of aromatic nitrogens is 11. The molecule has 4 fully saturated rings. The summed E-state index contributed by atoms with van der Waals surface area (Å²) in [5.41, 5.74) is 18.1. The molecule has 12 heterocycles. The lowest BCUT2D eigenvalue weighted by Crippen LogP contribution is -2.46. The summed E-state index contributed by atoms with van der Waals surface area (Å²) in [4.78, 5) is 74.1. The minimum Gasteiger partial charge on any atom is -0.477 e. The van der Waals surface area contributed by atoms with Gasteiger partial charge in [-0.25, -0.2) is 29.7 Å². The number of carbonyl (C=O) groups is 4. The molecule has 368 valence electrons. The number of nitrogens with one attached hydrogen (secondary N) is 2. The zero-order valence-corrected chi connectivity index (χ0v) is 40.1. The Hall–Kier alpha value is -7.26. The first-order valence-corrected chi connectivity index (χ1v) is 24.7. The molecule has 7 aromatic heterocycles. The first kappa shape index (κ1) is 47.4. The van der Waals surface area contributed by atoms with E-state index in [1.165, 1.54) is 59.5 Å². The number of carboxylic acid groups (broad SMARTS) is 1. The molecule has 26 heteroatoms. The maximum absolute atomic E-state index is 13.0. The van der Waals surface area contributed by atoms with Gasteiger partial charge in [-0.1, -0.05) is 0 Å². The Kier molecular flexibility index (Phi) is 13.0. The van der Waals surface area contributed by atoms with Crippen molar-refractivity contribution in [2.24, 2.45) is 10.2 Å². The van der Waals surface area contributed by atoms with Gasteiger partial charge < -0.3 is 37.0 Å². The first-order valence-electron chi connectivity index (χ1n) is 23.0. The molecule has 0 aromatic carbocycles. The molecule has 4 bridgehead atoms. The molecular weight excluding hydrogens is 955 g/mol. The quantitative estimate of drug-likeness (QED) is 0.0957. The number of amides is 1. The van der Waals surface area contributed by atoms with E-state index in [0.29, 0.717) is 75.3 Å². The van der Waals surface area contributed by atoms with Crippen LogP contribution in [0, 0.1) is 0 Å². The maximum atomic E-state index is 13.0. The predicted molar refractivity (Wildman–Crippen MR) is 260 cm³/mol. The standard InChI is InChI=1S/C22H23N9O3S.C19H22N6O2S.C4H4N2O2/c1-10(33)17-18(11-4-12-2-3-13(5-11)30(12)22(34)20-25-9-26-29-20)28-21-14(6-27-31(21)19(17)23)15-7-24-16(8-32)35-15;1-9(27)16-17(10-4-11-2-3-12(5-10)23-11)24-19-13(6-22-25(19)18(16)20)14-7-21-15(8-26)28-14;7-4(8)3-1-2-5-6-3/h6-7,9,11-13,32H,2-5,8,23H2,1H3,(H,25,26,29);6-7,10-12,23,26H,2-5,8,20H2,1H3;2H,1H2,(H,7,8)/t11?,12-,13+;10?,11-,12+;. The number of Topliss-reactive ketones (excluding diaryl/α,β-unsaturated/α-hetero) is 2. The molecule has 5 aliphatic heterocycles. The molecule has 0 aliphatic carbocycles. The maximum Gasteiger partial charge on any atom is 0.352 e. The minimum absolute atomic E-state index is 0.0217. The fourth-order valence-corrected chi connectivity index (χ4v) is 12.2. The molecule has 0 spiro atoms. The van der Waals surface area contributed by atoms with Crippen molar-refractivity contribution in [2.75, 3.05) is 11.5 Å². The Labute approximate surface area is 411 Å². The van der Waals surface area contributed by atoms with Crippen LogP contribution in [-0.2, 0) is 18.0 Å². The number of nitrogen functional groups attached to an aromatic ring is 2. The second kappa shape index (κ2) is 19.5. The number of aliphatic hydroxyl groups excluding tert-OH is 2. The molecule has 24 nitrogen and oxygen atoms in total. The summed E-state index contributed by atoms with van der Waals surface area (Å²) in [6.45, 7) is 2.78. The summed E-state index contributed by atoms with van der Waals surface area (Å²) in [5.74, 6) is -0.364. The fourth-order valence-electron chi connectivity index (χ4n) is 10.6. The Morgan fingerprint density at radius 2 is 1.25 bits per heavy atom. The molecule has 5 aliphatic rings. The highest BCUT2D eigenvalue weighted by Gasteiger charge is 2.46. The van der Waals surface area contributed by atoms with E-state index < -0.39 is 5.97 Å². The van der Waals surface area contributed by atoms with Crippen molar-refractivity contribution in [1.29, 1.82) is 0 Å². The van der Waals surface area contributed by atoms with Crippen molar-refractivity contribution in [3.8, 4) is 20.9 Å². The van der Waals surface area contributed by atoms with Crippen molar-refractivity contribution in [2.45, 2.75) is 121 Å².